The monoisotopic (exact) mass is 175 g/mol. The van der Waals surface area contributed by atoms with Gasteiger partial charge in [-0.15, -0.1) is 0 Å². The molecule has 1 saturated heterocycles. The number of hydrogen-bond acceptors (Lipinski definition) is 4. The molecule has 1 heterocycles. The fourth-order valence-corrected chi connectivity index (χ4v) is 1.12. The van der Waals surface area contributed by atoms with E-state index in [2.05, 4.69) is 5.32 Å². The highest BCUT2D eigenvalue weighted by Crippen LogP contribution is 2.16. The molecule has 0 saturated carbocycles. The minimum absolute atomic E-state index is 0.0354. The van der Waals surface area contributed by atoms with Crippen LogP contribution >= 0.6 is 0 Å². The maximum atomic E-state index is 9.51. The average molecular weight is 175 g/mol. The minimum Gasteiger partial charge on any atom is -0.389 e. The number of aliphatic hydroxyl groups excluding tert-OH is 1. The summed E-state index contributed by atoms with van der Waals surface area (Å²) in [5, 5.41) is 12.5. The molecule has 0 unspecified atom stereocenters. The Hall–Kier alpha value is -0.160. The van der Waals surface area contributed by atoms with Crippen LogP contribution in [0.25, 0.3) is 0 Å². The highest BCUT2D eigenvalue weighted by Gasteiger charge is 2.30. The van der Waals surface area contributed by atoms with Gasteiger partial charge in [0.25, 0.3) is 0 Å². The summed E-state index contributed by atoms with van der Waals surface area (Å²) in [5.74, 6) is -0.577. The molecule has 4 heteroatoms. The van der Waals surface area contributed by atoms with E-state index >= 15 is 0 Å². The van der Waals surface area contributed by atoms with E-state index < -0.39 is 11.9 Å². The molecule has 0 bridgehead atoms. The lowest BCUT2D eigenvalue weighted by Crippen LogP contribution is -2.41. The Morgan fingerprint density at radius 3 is 2.50 bits per heavy atom. The van der Waals surface area contributed by atoms with E-state index in [0.29, 0.717) is 13.2 Å². The third-order valence-electron chi connectivity index (χ3n) is 2.05. The first kappa shape index (κ1) is 9.92. The summed E-state index contributed by atoms with van der Waals surface area (Å²) >= 11 is 0. The summed E-state index contributed by atoms with van der Waals surface area (Å²) in [6, 6.07) is -0.0354. The van der Waals surface area contributed by atoms with Gasteiger partial charge in [0.1, 0.15) is 0 Å². The standard InChI is InChI=1S/C8H17NO3/c1-8(2)11-4-6(9-3)7(10)5-12-8/h6-7,9-10H,4-5H2,1-3H3/t6-,7-/m0/s1. The Balaban J connectivity index is 2.53. The molecule has 0 aromatic rings. The third kappa shape index (κ3) is 2.42. The Kier molecular flexibility index (Phi) is 3.06. The van der Waals surface area contributed by atoms with Crippen LogP contribution in [0.4, 0.5) is 0 Å². The second-order valence-electron chi connectivity index (χ2n) is 3.48. The van der Waals surface area contributed by atoms with Crippen molar-refractivity contribution in [1.29, 1.82) is 0 Å². The first-order chi connectivity index (χ1) is 5.55. The van der Waals surface area contributed by atoms with Crippen molar-refractivity contribution in [3.8, 4) is 0 Å². The average Bonchev–Trinajstić information content (AvgIpc) is 2.13. The van der Waals surface area contributed by atoms with Crippen molar-refractivity contribution in [2.45, 2.75) is 31.8 Å². The van der Waals surface area contributed by atoms with Crippen LogP contribution in [0.3, 0.4) is 0 Å². The van der Waals surface area contributed by atoms with E-state index in [1.807, 2.05) is 13.8 Å². The third-order valence-corrected chi connectivity index (χ3v) is 2.05. The molecule has 0 radical (unpaired) electrons. The van der Waals surface area contributed by atoms with Gasteiger partial charge in [-0.05, 0) is 20.9 Å². The lowest BCUT2D eigenvalue weighted by molar-refractivity contribution is -0.203. The SMILES string of the molecule is CN[C@H]1COC(C)(C)OC[C@@H]1O. The van der Waals surface area contributed by atoms with Gasteiger partial charge >= 0.3 is 0 Å². The maximum absolute atomic E-state index is 9.51. The topological polar surface area (TPSA) is 50.7 Å². The van der Waals surface area contributed by atoms with Crippen molar-refractivity contribution in [3.63, 3.8) is 0 Å². The van der Waals surface area contributed by atoms with E-state index in [0.717, 1.165) is 0 Å². The number of aliphatic hydroxyl groups is 1. The van der Waals surface area contributed by atoms with E-state index in [9.17, 15) is 5.11 Å². The molecule has 0 aromatic carbocycles. The van der Waals surface area contributed by atoms with Crippen LogP contribution in [-0.4, -0.2) is 43.3 Å². The molecule has 0 amide bonds. The first-order valence-electron chi connectivity index (χ1n) is 4.18. The number of ether oxygens (including phenoxy) is 2. The Morgan fingerprint density at radius 2 is 1.92 bits per heavy atom. The summed E-state index contributed by atoms with van der Waals surface area (Å²) < 4.78 is 10.7. The number of hydrogen-bond donors (Lipinski definition) is 2. The van der Waals surface area contributed by atoms with E-state index in [-0.39, 0.29) is 6.04 Å². The van der Waals surface area contributed by atoms with Gasteiger partial charge in [0, 0.05) is 0 Å². The van der Waals surface area contributed by atoms with Gasteiger partial charge in [0.2, 0.25) is 0 Å². The molecule has 1 fully saturated rings. The zero-order chi connectivity index (χ0) is 9.19. The van der Waals surface area contributed by atoms with Crippen molar-refractivity contribution >= 4 is 0 Å². The predicted molar refractivity (Wildman–Crippen MR) is 44.8 cm³/mol. The zero-order valence-electron chi connectivity index (χ0n) is 7.83. The smallest absolute Gasteiger partial charge is 0.162 e. The fraction of sp³-hybridized carbons (Fsp3) is 1.00. The largest absolute Gasteiger partial charge is 0.389 e. The lowest BCUT2D eigenvalue weighted by Gasteiger charge is -2.22. The number of likely N-dealkylation sites (N-methyl/N-ethyl adjacent to an activating group) is 1. The van der Waals surface area contributed by atoms with Crippen LogP contribution in [0.15, 0.2) is 0 Å². The Labute approximate surface area is 72.9 Å². The predicted octanol–water partition coefficient (Wildman–Crippen LogP) is -0.282. The molecule has 12 heavy (non-hydrogen) atoms. The van der Waals surface area contributed by atoms with Crippen LogP contribution in [0.1, 0.15) is 13.8 Å². The van der Waals surface area contributed by atoms with Gasteiger partial charge in [-0.1, -0.05) is 0 Å². The van der Waals surface area contributed by atoms with Crippen LogP contribution in [0.5, 0.6) is 0 Å². The highest BCUT2D eigenvalue weighted by atomic mass is 16.7. The fourth-order valence-electron chi connectivity index (χ4n) is 1.12. The van der Waals surface area contributed by atoms with Crippen molar-refractivity contribution in [3.05, 3.63) is 0 Å². The summed E-state index contributed by atoms with van der Waals surface area (Å²) in [5.41, 5.74) is 0. The summed E-state index contributed by atoms with van der Waals surface area (Å²) in [4.78, 5) is 0. The molecule has 0 aliphatic carbocycles. The molecule has 1 aliphatic rings. The molecular weight excluding hydrogens is 158 g/mol. The van der Waals surface area contributed by atoms with Crippen LogP contribution in [-0.2, 0) is 9.47 Å². The van der Waals surface area contributed by atoms with Crippen LogP contribution in [0.2, 0.25) is 0 Å². The molecule has 1 aliphatic heterocycles. The van der Waals surface area contributed by atoms with Gasteiger partial charge in [-0.2, -0.15) is 0 Å². The molecule has 2 N–H and O–H groups in total. The minimum atomic E-state index is -0.577. The Morgan fingerprint density at radius 1 is 1.33 bits per heavy atom. The van der Waals surface area contributed by atoms with Crippen molar-refractivity contribution in [1.82, 2.24) is 5.32 Å². The van der Waals surface area contributed by atoms with E-state index in [1.54, 1.807) is 7.05 Å². The highest BCUT2D eigenvalue weighted by molar-refractivity contribution is 4.77. The first-order valence-corrected chi connectivity index (χ1v) is 4.18. The number of rotatable bonds is 1. The summed E-state index contributed by atoms with van der Waals surface area (Å²) in [6.45, 7) is 4.48. The molecular formula is C8H17NO3. The van der Waals surface area contributed by atoms with Crippen molar-refractivity contribution in [2.24, 2.45) is 0 Å². The normalized spacial score (nSPS) is 36.0. The molecule has 4 nitrogen and oxygen atoms in total. The Bertz CT molecular complexity index is 149. The van der Waals surface area contributed by atoms with Crippen LogP contribution in [0, 0.1) is 0 Å². The lowest BCUT2D eigenvalue weighted by atomic mass is 10.2. The van der Waals surface area contributed by atoms with Crippen molar-refractivity contribution in [2.75, 3.05) is 20.3 Å². The molecule has 0 aromatic heterocycles. The van der Waals surface area contributed by atoms with Gasteiger partial charge in [0.05, 0.1) is 25.4 Å². The van der Waals surface area contributed by atoms with E-state index in [1.165, 1.54) is 0 Å². The number of nitrogens with one attached hydrogen (secondary N) is 1. The van der Waals surface area contributed by atoms with Gasteiger partial charge < -0.3 is 19.9 Å². The second-order valence-corrected chi connectivity index (χ2v) is 3.48. The summed E-state index contributed by atoms with van der Waals surface area (Å²) in [7, 11) is 1.80. The second kappa shape index (κ2) is 3.70. The molecule has 1 rings (SSSR count). The zero-order valence-corrected chi connectivity index (χ0v) is 7.83. The van der Waals surface area contributed by atoms with Crippen molar-refractivity contribution < 1.29 is 14.6 Å². The quantitative estimate of drug-likeness (QED) is 0.575. The van der Waals surface area contributed by atoms with Crippen LogP contribution < -0.4 is 5.32 Å². The molecule has 2 atom stereocenters. The maximum Gasteiger partial charge on any atom is 0.162 e. The van der Waals surface area contributed by atoms with E-state index in [4.69, 9.17) is 9.47 Å². The van der Waals surface area contributed by atoms with Gasteiger partial charge in [0.15, 0.2) is 5.79 Å². The summed E-state index contributed by atoms with van der Waals surface area (Å²) in [6.07, 6.45) is -0.489. The molecule has 0 spiro atoms. The van der Waals surface area contributed by atoms with Gasteiger partial charge in [-0.25, -0.2) is 0 Å². The molecule has 72 valence electrons. The van der Waals surface area contributed by atoms with Gasteiger partial charge in [-0.3, -0.25) is 0 Å².